The average Bonchev–Trinajstić information content (AvgIpc) is 3.17. The largest absolute Gasteiger partial charge is 0.423 e. The minimum Gasteiger partial charge on any atom is -0.423 e. The van der Waals surface area contributed by atoms with Crippen molar-refractivity contribution >= 4 is 5.91 Å². The second-order valence-electron chi connectivity index (χ2n) is 7.89. The van der Waals surface area contributed by atoms with Crippen LogP contribution in [0.1, 0.15) is 18.9 Å². The number of fused-ring (bicyclic) bond motifs is 1. The minimum atomic E-state index is -0.259. The summed E-state index contributed by atoms with van der Waals surface area (Å²) in [7, 11) is 0. The topological polar surface area (TPSA) is 131 Å². The van der Waals surface area contributed by atoms with Crippen LogP contribution in [-0.2, 0) is 14.3 Å². The first-order valence-electron chi connectivity index (χ1n) is 10.2. The maximum absolute atomic E-state index is 12.1. The molecule has 1 amide bonds. The van der Waals surface area contributed by atoms with E-state index >= 15 is 0 Å². The molecule has 4 unspecified atom stereocenters. The van der Waals surface area contributed by atoms with E-state index in [9.17, 15) is 4.79 Å². The Morgan fingerprint density at radius 2 is 1.97 bits per heavy atom. The fourth-order valence-corrected chi connectivity index (χ4v) is 4.03. The first kappa shape index (κ1) is 18.4. The van der Waals surface area contributed by atoms with E-state index < -0.39 is 0 Å². The second kappa shape index (κ2) is 7.39. The van der Waals surface area contributed by atoms with Crippen LogP contribution < -0.4 is 10.1 Å². The van der Waals surface area contributed by atoms with Crippen molar-refractivity contribution in [1.82, 2.24) is 40.3 Å². The molecule has 0 radical (unpaired) electrons. The standard InChI is InChI=1S/C19H20N8O4/c28-18(11-1-2-11)22-14-7-29-17-15(8-30-16(14)17)27-19(23-24-25-27)31-13-5-3-12(4-6-13)26-10-20-9-21-26/h3-6,9-11,14-17H,1-2,7-8H2,(H,22,28). The first-order chi connectivity index (χ1) is 15.3. The highest BCUT2D eigenvalue weighted by atomic mass is 16.6. The molecular weight excluding hydrogens is 404 g/mol. The summed E-state index contributed by atoms with van der Waals surface area (Å²) in [5.74, 6) is 0.811. The first-order valence-corrected chi connectivity index (χ1v) is 10.2. The highest BCUT2D eigenvalue weighted by Gasteiger charge is 2.50. The van der Waals surface area contributed by atoms with Crippen LogP contribution in [0.5, 0.6) is 11.8 Å². The van der Waals surface area contributed by atoms with Crippen LogP contribution in [0.4, 0.5) is 0 Å². The van der Waals surface area contributed by atoms with Crippen LogP contribution in [0.25, 0.3) is 5.69 Å². The Hall–Kier alpha value is -3.38. The molecule has 0 spiro atoms. The maximum Gasteiger partial charge on any atom is 0.341 e. The van der Waals surface area contributed by atoms with Crippen molar-refractivity contribution in [2.24, 2.45) is 5.92 Å². The van der Waals surface area contributed by atoms with Gasteiger partial charge in [0.25, 0.3) is 0 Å². The van der Waals surface area contributed by atoms with E-state index in [1.54, 1.807) is 27.8 Å². The molecule has 1 aliphatic carbocycles. The van der Waals surface area contributed by atoms with Crippen LogP contribution in [0, 0.1) is 5.92 Å². The molecule has 2 aromatic heterocycles. The van der Waals surface area contributed by atoms with Crippen molar-refractivity contribution in [3.63, 3.8) is 0 Å². The molecule has 4 atom stereocenters. The van der Waals surface area contributed by atoms with Crippen LogP contribution in [-0.4, -0.2) is 72.3 Å². The summed E-state index contributed by atoms with van der Waals surface area (Å²) < 4.78 is 21.1. The van der Waals surface area contributed by atoms with Gasteiger partial charge in [-0.15, -0.1) is 0 Å². The Labute approximate surface area is 176 Å². The summed E-state index contributed by atoms with van der Waals surface area (Å²) in [5.41, 5.74) is 0.857. The quantitative estimate of drug-likeness (QED) is 0.593. The zero-order valence-electron chi connectivity index (χ0n) is 16.4. The molecular formula is C19H20N8O4. The van der Waals surface area contributed by atoms with Crippen molar-refractivity contribution in [2.75, 3.05) is 13.2 Å². The summed E-state index contributed by atoms with van der Waals surface area (Å²) in [6.45, 7) is 0.782. The molecule has 0 bridgehead atoms. The molecule has 1 aromatic carbocycles. The molecule has 3 fully saturated rings. The van der Waals surface area contributed by atoms with E-state index in [1.807, 2.05) is 12.1 Å². The van der Waals surface area contributed by atoms with E-state index in [2.05, 4.69) is 30.9 Å². The molecule has 31 heavy (non-hydrogen) atoms. The fourth-order valence-electron chi connectivity index (χ4n) is 4.03. The Kier molecular flexibility index (Phi) is 4.39. The molecule has 3 aliphatic rings. The lowest BCUT2D eigenvalue weighted by Crippen LogP contribution is -2.44. The van der Waals surface area contributed by atoms with Crippen molar-refractivity contribution in [1.29, 1.82) is 0 Å². The third-order valence-electron chi connectivity index (χ3n) is 5.81. The normalized spacial score (nSPS) is 27.2. The fraction of sp³-hybridized carbons (Fsp3) is 0.474. The number of nitrogens with zero attached hydrogens (tertiary/aromatic N) is 7. The molecule has 1 N–H and O–H groups in total. The van der Waals surface area contributed by atoms with Gasteiger partial charge in [0.1, 0.15) is 36.7 Å². The average molecular weight is 424 g/mol. The van der Waals surface area contributed by atoms with Gasteiger partial charge in [-0.3, -0.25) is 4.79 Å². The molecule has 12 nitrogen and oxygen atoms in total. The summed E-state index contributed by atoms with van der Waals surface area (Å²) >= 11 is 0. The zero-order chi connectivity index (χ0) is 20.8. The molecule has 4 heterocycles. The highest BCUT2D eigenvalue weighted by molar-refractivity contribution is 5.81. The van der Waals surface area contributed by atoms with E-state index in [0.717, 1.165) is 18.5 Å². The number of hydrogen-bond donors (Lipinski definition) is 1. The summed E-state index contributed by atoms with van der Waals surface area (Å²) in [6, 6.07) is 7.18. The molecule has 3 aromatic rings. The van der Waals surface area contributed by atoms with E-state index in [4.69, 9.17) is 14.2 Å². The Bertz CT molecular complexity index is 1070. The number of amides is 1. The highest BCUT2D eigenvalue weighted by Crippen LogP contribution is 2.37. The van der Waals surface area contributed by atoms with Gasteiger partial charge in [-0.05, 0) is 47.5 Å². The van der Waals surface area contributed by atoms with Crippen LogP contribution >= 0.6 is 0 Å². The number of rotatable bonds is 6. The third kappa shape index (κ3) is 3.43. The predicted octanol–water partition coefficient (Wildman–Crippen LogP) is 0.280. The number of aromatic nitrogens is 7. The van der Waals surface area contributed by atoms with Gasteiger partial charge in [0.05, 0.1) is 24.9 Å². The van der Waals surface area contributed by atoms with Crippen LogP contribution in [0.3, 0.4) is 0 Å². The number of ether oxygens (including phenoxy) is 3. The predicted molar refractivity (Wildman–Crippen MR) is 102 cm³/mol. The van der Waals surface area contributed by atoms with Crippen molar-refractivity contribution < 1.29 is 19.0 Å². The van der Waals surface area contributed by atoms with Crippen molar-refractivity contribution in [3.05, 3.63) is 36.9 Å². The molecule has 2 aliphatic heterocycles. The lowest BCUT2D eigenvalue weighted by atomic mass is 10.1. The second-order valence-corrected chi connectivity index (χ2v) is 7.89. The Balaban J connectivity index is 1.15. The van der Waals surface area contributed by atoms with E-state index in [1.165, 1.54) is 6.33 Å². The van der Waals surface area contributed by atoms with Crippen LogP contribution in [0.15, 0.2) is 36.9 Å². The summed E-state index contributed by atoms with van der Waals surface area (Å²) in [6.07, 6.45) is 4.53. The number of nitrogens with one attached hydrogen (secondary N) is 1. The van der Waals surface area contributed by atoms with E-state index in [-0.39, 0.29) is 42.1 Å². The molecule has 2 saturated heterocycles. The minimum absolute atomic E-state index is 0.0853. The molecule has 12 heteroatoms. The molecule has 1 saturated carbocycles. The number of carbonyl (C=O) groups is 1. The van der Waals surface area contributed by atoms with Gasteiger partial charge in [-0.25, -0.2) is 9.67 Å². The van der Waals surface area contributed by atoms with Gasteiger partial charge >= 0.3 is 6.01 Å². The van der Waals surface area contributed by atoms with Gasteiger partial charge in [0.15, 0.2) is 0 Å². The Morgan fingerprint density at radius 3 is 2.74 bits per heavy atom. The van der Waals surface area contributed by atoms with Gasteiger partial charge in [-0.2, -0.15) is 9.78 Å². The zero-order valence-corrected chi connectivity index (χ0v) is 16.4. The number of tetrazole rings is 1. The van der Waals surface area contributed by atoms with E-state index in [0.29, 0.717) is 19.0 Å². The van der Waals surface area contributed by atoms with Gasteiger partial charge in [0.2, 0.25) is 5.91 Å². The van der Waals surface area contributed by atoms with Crippen LogP contribution in [0.2, 0.25) is 0 Å². The van der Waals surface area contributed by atoms with Crippen molar-refractivity contribution in [3.8, 4) is 17.4 Å². The molecule has 160 valence electrons. The van der Waals surface area contributed by atoms with Gasteiger partial charge in [-0.1, -0.05) is 5.10 Å². The van der Waals surface area contributed by atoms with Crippen molar-refractivity contribution in [2.45, 2.75) is 37.1 Å². The number of carbonyl (C=O) groups excluding carboxylic acids is 1. The third-order valence-corrected chi connectivity index (χ3v) is 5.81. The number of hydrogen-bond acceptors (Lipinski definition) is 9. The SMILES string of the molecule is O=C(NC1COC2C1OCC2n1nnnc1Oc1ccc(-n2cncn2)cc1)C1CC1. The monoisotopic (exact) mass is 424 g/mol. The lowest BCUT2D eigenvalue weighted by Gasteiger charge is -2.18. The lowest BCUT2D eigenvalue weighted by molar-refractivity contribution is -0.123. The van der Waals surface area contributed by atoms with Gasteiger partial charge in [0, 0.05) is 5.92 Å². The smallest absolute Gasteiger partial charge is 0.341 e. The maximum atomic E-state index is 12.1. The van der Waals surface area contributed by atoms with Gasteiger partial charge < -0.3 is 19.5 Å². The molecule has 6 rings (SSSR count). The Morgan fingerprint density at radius 1 is 1.13 bits per heavy atom. The summed E-state index contributed by atoms with van der Waals surface area (Å²) in [5, 5.41) is 19.0. The summed E-state index contributed by atoms with van der Waals surface area (Å²) in [4.78, 5) is 16.1. The number of benzene rings is 1.